The summed E-state index contributed by atoms with van der Waals surface area (Å²) in [6.45, 7) is 16.3. The van der Waals surface area contributed by atoms with Crippen molar-refractivity contribution in [3.05, 3.63) is 0 Å². The van der Waals surface area contributed by atoms with Crippen LogP contribution in [0.4, 0.5) is 0 Å². The second-order valence-electron chi connectivity index (χ2n) is 6.09. The van der Waals surface area contributed by atoms with Gasteiger partial charge < -0.3 is 10.6 Å². The summed E-state index contributed by atoms with van der Waals surface area (Å²) in [5.74, 6) is 0.364. The van der Waals surface area contributed by atoms with E-state index in [1.54, 1.807) is 0 Å². The van der Waals surface area contributed by atoms with E-state index in [1.165, 1.54) is 0 Å². The molecule has 3 heteroatoms. The van der Waals surface area contributed by atoms with Crippen LogP contribution in [0.2, 0.25) is 0 Å². The largest absolute Gasteiger partial charge is 0.355 e. The number of likely N-dealkylation sites (N-methyl/N-ethyl adjacent to an activating group) is 1. The summed E-state index contributed by atoms with van der Waals surface area (Å²) < 4.78 is 0. The Labute approximate surface area is 107 Å². The number of carbonyl (C=O) groups excluding carboxylic acids is 1. The van der Waals surface area contributed by atoms with Gasteiger partial charge in [-0.05, 0) is 31.6 Å². The van der Waals surface area contributed by atoms with E-state index >= 15 is 0 Å². The average Bonchev–Trinajstić information content (AvgIpc) is 2.26. The van der Waals surface area contributed by atoms with Crippen molar-refractivity contribution < 1.29 is 4.79 Å². The second-order valence-corrected chi connectivity index (χ2v) is 6.09. The third-order valence-electron chi connectivity index (χ3n) is 3.85. The fourth-order valence-electron chi connectivity index (χ4n) is 1.44. The van der Waals surface area contributed by atoms with Crippen LogP contribution in [0.5, 0.6) is 0 Å². The van der Waals surface area contributed by atoms with Crippen LogP contribution in [-0.2, 0) is 4.79 Å². The van der Waals surface area contributed by atoms with Gasteiger partial charge in [-0.2, -0.15) is 0 Å². The van der Waals surface area contributed by atoms with E-state index in [0.29, 0.717) is 6.54 Å². The van der Waals surface area contributed by atoms with Gasteiger partial charge in [-0.3, -0.25) is 4.79 Å². The molecule has 0 rings (SSSR count). The summed E-state index contributed by atoms with van der Waals surface area (Å²) in [5.41, 5.74) is -0.259. The summed E-state index contributed by atoms with van der Waals surface area (Å²) in [6.07, 6.45) is 1.10. The predicted molar refractivity (Wildman–Crippen MR) is 74.0 cm³/mol. The molecule has 2 N–H and O–H groups in total. The summed E-state index contributed by atoms with van der Waals surface area (Å²) >= 11 is 0. The Hall–Kier alpha value is -0.570. The SMILES string of the molecule is CCNC(=O)C(C)(NCC(C)(C)CC)C(C)C. The van der Waals surface area contributed by atoms with Gasteiger partial charge in [-0.15, -0.1) is 0 Å². The standard InChI is InChI=1S/C14H30N2O/c1-8-13(5,6)10-16-14(7,11(3)4)12(17)15-9-2/h11,16H,8-10H2,1-7H3,(H,15,17). The van der Waals surface area contributed by atoms with Crippen molar-refractivity contribution >= 4 is 5.91 Å². The quantitative estimate of drug-likeness (QED) is 0.720. The van der Waals surface area contributed by atoms with Gasteiger partial charge in [0.1, 0.15) is 0 Å². The van der Waals surface area contributed by atoms with E-state index in [0.717, 1.165) is 13.0 Å². The van der Waals surface area contributed by atoms with Crippen LogP contribution in [-0.4, -0.2) is 24.5 Å². The van der Waals surface area contributed by atoms with Crippen molar-refractivity contribution in [2.75, 3.05) is 13.1 Å². The van der Waals surface area contributed by atoms with Crippen molar-refractivity contribution in [3.8, 4) is 0 Å². The van der Waals surface area contributed by atoms with Gasteiger partial charge in [0, 0.05) is 13.1 Å². The van der Waals surface area contributed by atoms with Crippen LogP contribution in [0.3, 0.4) is 0 Å². The van der Waals surface area contributed by atoms with Gasteiger partial charge in [0.15, 0.2) is 0 Å². The average molecular weight is 242 g/mol. The Bertz CT molecular complexity index is 249. The van der Waals surface area contributed by atoms with E-state index in [9.17, 15) is 4.79 Å². The molecule has 17 heavy (non-hydrogen) atoms. The van der Waals surface area contributed by atoms with E-state index in [4.69, 9.17) is 0 Å². The third kappa shape index (κ3) is 4.66. The lowest BCUT2D eigenvalue weighted by atomic mass is 9.84. The molecule has 3 nitrogen and oxygen atoms in total. The minimum atomic E-state index is -0.484. The van der Waals surface area contributed by atoms with Gasteiger partial charge in [0.25, 0.3) is 0 Å². The maximum absolute atomic E-state index is 12.1. The van der Waals surface area contributed by atoms with Gasteiger partial charge in [-0.25, -0.2) is 0 Å². The van der Waals surface area contributed by atoms with Gasteiger partial charge >= 0.3 is 0 Å². The molecule has 0 fully saturated rings. The van der Waals surface area contributed by atoms with Gasteiger partial charge in [0.05, 0.1) is 5.54 Å². The van der Waals surface area contributed by atoms with E-state index < -0.39 is 5.54 Å². The van der Waals surface area contributed by atoms with Crippen molar-refractivity contribution in [1.82, 2.24) is 10.6 Å². The number of rotatable bonds is 7. The van der Waals surface area contributed by atoms with Crippen LogP contribution in [0.25, 0.3) is 0 Å². The highest BCUT2D eigenvalue weighted by molar-refractivity contribution is 5.86. The van der Waals surface area contributed by atoms with E-state index in [-0.39, 0.29) is 17.2 Å². The van der Waals surface area contributed by atoms with Crippen LogP contribution in [0.1, 0.15) is 54.9 Å². The van der Waals surface area contributed by atoms with Gasteiger partial charge in [0.2, 0.25) is 5.91 Å². The first-order valence-electron chi connectivity index (χ1n) is 6.73. The molecule has 0 aliphatic carbocycles. The van der Waals surface area contributed by atoms with Crippen LogP contribution in [0, 0.1) is 11.3 Å². The minimum absolute atomic E-state index is 0.0990. The first-order chi connectivity index (χ1) is 7.69. The molecule has 1 atom stereocenters. The Balaban J connectivity index is 4.69. The van der Waals surface area contributed by atoms with Crippen molar-refractivity contribution in [2.24, 2.45) is 11.3 Å². The molecular weight excluding hydrogens is 212 g/mol. The normalized spacial score (nSPS) is 15.8. The molecule has 0 aromatic carbocycles. The molecule has 0 bridgehead atoms. The Morgan fingerprint density at radius 2 is 1.71 bits per heavy atom. The molecule has 0 aromatic rings. The maximum atomic E-state index is 12.1. The molecular formula is C14H30N2O. The molecule has 0 saturated heterocycles. The molecule has 0 aliphatic heterocycles. The predicted octanol–water partition coefficient (Wildman–Crippen LogP) is 2.56. The monoisotopic (exact) mass is 242 g/mol. The molecule has 1 unspecified atom stereocenters. The van der Waals surface area contributed by atoms with Crippen molar-refractivity contribution in [3.63, 3.8) is 0 Å². The number of nitrogens with one attached hydrogen (secondary N) is 2. The molecule has 0 radical (unpaired) electrons. The highest BCUT2D eigenvalue weighted by atomic mass is 16.2. The second kappa shape index (κ2) is 6.39. The van der Waals surface area contributed by atoms with Crippen molar-refractivity contribution in [2.45, 2.75) is 60.4 Å². The first kappa shape index (κ1) is 16.4. The molecule has 1 amide bonds. The highest BCUT2D eigenvalue weighted by Gasteiger charge is 2.36. The van der Waals surface area contributed by atoms with Crippen LogP contribution < -0.4 is 10.6 Å². The summed E-state index contributed by atoms with van der Waals surface area (Å²) in [7, 11) is 0. The Kier molecular flexibility index (Phi) is 6.17. The number of hydrogen-bond acceptors (Lipinski definition) is 2. The molecule has 0 heterocycles. The fraction of sp³-hybridized carbons (Fsp3) is 0.929. The zero-order valence-corrected chi connectivity index (χ0v) is 12.6. The zero-order valence-electron chi connectivity index (χ0n) is 12.6. The van der Waals surface area contributed by atoms with Crippen molar-refractivity contribution in [1.29, 1.82) is 0 Å². The maximum Gasteiger partial charge on any atom is 0.240 e. The lowest BCUT2D eigenvalue weighted by Gasteiger charge is -2.36. The molecule has 102 valence electrons. The summed E-state index contributed by atoms with van der Waals surface area (Å²) in [4.78, 5) is 12.1. The molecule has 0 aromatic heterocycles. The summed E-state index contributed by atoms with van der Waals surface area (Å²) in [5, 5.41) is 6.38. The lowest BCUT2D eigenvalue weighted by molar-refractivity contribution is -0.128. The topological polar surface area (TPSA) is 41.1 Å². The first-order valence-corrected chi connectivity index (χ1v) is 6.73. The van der Waals surface area contributed by atoms with Crippen LogP contribution >= 0.6 is 0 Å². The third-order valence-corrected chi connectivity index (χ3v) is 3.85. The molecule has 0 spiro atoms. The Morgan fingerprint density at radius 3 is 2.06 bits per heavy atom. The van der Waals surface area contributed by atoms with E-state index in [1.807, 2.05) is 13.8 Å². The number of carbonyl (C=O) groups is 1. The zero-order chi connectivity index (χ0) is 13.7. The van der Waals surface area contributed by atoms with Crippen LogP contribution in [0.15, 0.2) is 0 Å². The molecule has 0 saturated carbocycles. The number of hydrogen-bond donors (Lipinski definition) is 2. The minimum Gasteiger partial charge on any atom is -0.355 e. The summed E-state index contributed by atoms with van der Waals surface area (Å²) in [6, 6.07) is 0. The Morgan fingerprint density at radius 1 is 1.18 bits per heavy atom. The number of amides is 1. The van der Waals surface area contributed by atoms with E-state index in [2.05, 4.69) is 45.3 Å². The van der Waals surface area contributed by atoms with Gasteiger partial charge in [-0.1, -0.05) is 34.6 Å². The molecule has 0 aliphatic rings. The highest BCUT2D eigenvalue weighted by Crippen LogP contribution is 2.22. The smallest absolute Gasteiger partial charge is 0.240 e. The fourth-order valence-corrected chi connectivity index (χ4v) is 1.44. The lowest BCUT2D eigenvalue weighted by Crippen LogP contribution is -2.59.